The number of hydrogen-bond acceptors (Lipinski definition) is 4. The zero-order chi connectivity index (χ0) is 16.1. The summed E-state index contributed by atoms with van der Waals surface area (Å²) in [6, 6.07) is 1.95. The quantitative estimate of drug-likeness (QED) is 0.722. The lowest BCUT2D eigenvalue weighted by atomic mass is 10.0. The molecule has 1 heterocycles. The lowest BCUT2D eigenvalue weighted by Crippen LogP contribution is -2.38. The number of hydrogen-bond donors (Lipinski definition) is 3. The van der Waals surface area contributed by atoms with Crippen LogP contribution in [0, 0.1) is 0 Å². The molecule has 21 heavy (non-hydrogen) atoms. The fourth-order valence-corrected chi connectivity index (χ4v) is 1.65. The Bertz CT molecular complexity index is 459. The molecule has 0 saturated heterocycles. The second-order valence-electron chi connectivity index (χ2n) is 5.25. The molecule has 1 aromatic heterocycles. The SMILES string of the molecule is CCCNc1cc(C(F)(F)F)cc(NC(C)(CC)CO)n1. The summed E-state index contributed by atoms with van der Waals surface area (Å²) in [5.74, 6) is 0.271. The molecule has 0 spiro atoms. The number of nitrogens with zero attached hydrogens (tertiary/aromatic N) is 1. The molecule has 0 aromatic carbocycles. The van der Waals surface area contributed by atoms with Gasteiger partial charge >= 0.3 is 6.18 Å². The Hall–Kier alpha value is -1.50. The van der Waals surface area contributed by atoms with Crippen molar-refractivity contribution in [3.05, 3.63) is 17.7 Å². The van der Waals surface area contributed by atoms with Crippen molar-refractivity contribution in [3.8, 4) is 0 Å². The molecule has 7 heteroatoms. The van der Waals surface area contributed by atoms with Gasteiger partial charge in [0.2, 0.25) is 0 Å². The van der Waals surface area contributed by atoms with Crippen molar-refractivity contribution in [2.45, 2.75) is 45.3 Å². The molecule has 120 valence electrons. The highest BCUT2D eigenvalue weighted by Crippen LogP contribution is 2.32. The predicted molar refractivity (Wildman–Crippen MR) is 77.4 cm³/mol. The molecule has 0 bridgehead atoms. The summed E-state index contributed by atoms with van der Waals surface area (Å²) >= 11 is 0. The second kappa shape index (κ2) is 6.98. The molecule has 1 rings (SSSR count). The fraction of sp³-hybridized carbons (Fsp3) is 0.643. The highest BCUT2D eigenvalue weighted by molar-refractivity contribution is 5.51. The second-order valence-corrected chi connectivity index (χ2v) is 5.25. The molecule has 0 saturated carbocycles. The minimum Gasteiger partial charge on any atom is -0.394 e. The number of anilines is 2. The average Bonchev–Trinajstić information content (AvgIpc) is 2.43. The van der Waals surface area contributed by atoms with Crippen molar-refractivity contribution in [1.82, 2.24) is 4.98 Å². The van der Waals surface area contributed by atoms with Gasteiger partial charge in [0.05, 0.1) is 17.7 Å². The van der Waals surface area contributed by atoms with Gasteiger partial charge < -0.3 is 15.7 Å². The Balaban J connectivity index is 3.12. The number of aromatic nitrogens is 1. The van der Waals surface area contributed by atoms with Gasteiger partial charge in [0.15, 0.2) is 0 Å². The monoisotopic (exact) mass is 305 g/mol. The van der Waals surface area contributed by atoms with E-state index in [4.69, 9.17) is 0 Å². The van der Waals surface area contributed by atoms with Crippen molar-refractivity contribution in [2.75, 3.05) is 23.8 Å². The van der Waals surface area contributed by atoms with Gasteiger partial charge in [-0.2, -0.15) is 13.2 Å². The van der Waals surface area contributed by atoms with E-state index in [-0.39, 0.29) is 18.2 Å². The first-order chi connectivity index (χ1) is 9.74. The van der Waals surface area contributed by atoms with Gasteiger partial charge in [-0.15, -0.1) is 0 Å². The summed E-state index contributed by atoms with van der Waals surface area (Å²) in [6.07, 6.45) is -3.10. The number of halogens is 3. The number of rotatable bonds is 7. The first-order valence-electron chi connectivity index (χ1n) is 6.96. The van der Waals surface area contributed by atoms with Gasteiger partial charge in [-0.05, 0) is 31.9 Å². The zero-order valence-electron chi connectivity index (χ0n) is 12.5. The van der Waals surface area contributed by atoms with Crippen molar-refractivity contribution >= 4 is 11.6 Å². The van der Waals surface area contributed by atoms with E-state index >= 15 is 0 Å². The van der Waals surface area contributed by atoms with Crippen LogP contribution in [0.1, 0.15) is 39.2 Å². The van der Waals surface area contributed by atoms with Gasteiger partial charge in [-0.1, -0.05) is 13.8 Å². The zero-order valence-corrected chi connectivity index (χ0v) is 12.5. The van der Waals surface area contributed by atoms with Crippen molar-refractivity contribution in [3.63, 3.8) is 0 Å². The van der Waals surface area contributed by atoms with Crippen LogP contribution >= 0.6 is 0 Å². The summed E-state index contributed by atoms with van der Waals surface area (Å²) in [6.45, 7) is 5.83. The van der Waals surface area contributed by atoms with E-state index in [1.165, 1.54) is 0 Å². The Labute approximate surface area is 122 Å². The summed E-state index contributed by atoms with van der Waals surface area (Å²) in [5.41, 5.74) is -1.48. The third-order valence-corrected chi connectivity index (χ3v) is 3.27. The number of pyridine rings is 1. The van der Waals surface area contributed by atoms with Crippen LogP contribution in [0.15, 0.2) is 12.1 Å². The van der Waals surface area contributed by atoms with Crippen LogP contribution < -0.4 is 10.6 Å². The molecule has 0 aliphatic carbocycles. The minimum atomic E-state index is -4.44. The van der Waals surface area contributed by atoms with E-state index in [1.807, 2.05) is 13.8 Å². The molecule has 0 aliphatic heterocycles. The molecule has 1 atom stereocenters. The maximum atomic E-state index is 12.9. The van der Waals surface area contributed by atoms with E-state index in [0.29, 0.717) is 13.0 Å². The standard InChI is InChI=1S/C14H22F3N3O/c1-4-6-18-11-7-10(14(15,16)17)8-12(19-11)20-13(3,5-2)9-21/h7-8,21H,4-6,9H2,1-3H3,(H2,18,19,20). The highest BCUT2D eigenvalue weighted by Gasteiger charge is 2.32. The molecular formula is C14H22F3N3O. The fourth-order valence-electron chi connectivity index (χ4n) is 1.65. The lowest BCUT2D eigenvalue weighted by Gasteiger charge is -2.28. The van der Waals surface area contributed by atoms with Crippen molar-refractivity contribution in [2.24, 2.45) is 0 Å². The summed E-state index contributed by atoms with van der Waals surface area (Å²) in [7, 11) is 0. The number of aliphatic hydroxyl groups is 1. The third kappa shape index (κ3) is 5.08. The smallest absolute Gasteiger partial charge is 0.394 e. The molecule has 1 unspecified atom stereocenters. The van der Waals surface area contributed by atoms with E-state index in [1.54, 1.807) is 6.92 Å². The van der Waals surface area contributed by atoms with E-state index in [2.05, 4.69) is 15.6 Å². The summed E-state index contributed by atoms with van der Waals surface area (Å²) in [4.78, 5) is 4.13. The van der Waals surface area contributed by atoms with Crippen LogP contribution in [0.4, 0.5) is 24.8 Å². The van der Waals surface area contributed by atoms with Crippen LogP contribution in [-0.2, 0) is 6.18 Å². The summed E-state index contributed by atoms with van der Waals surface area (Å²) < 4.78 is 38.8. The topological polar surface area (TPSA) is 57.2 Å². The lowest BCUT2D eigenvalue weighted by molar-refractivity contribution is -0.137. The molecule has 3 N–H and O–H groups in total. The Kier molecular flexibility index (Phi) is 5.83. The number of aliphatic hydroxyl groups excluding tert-OH is 1. The van der Waals surface area contributed by atoms with Crippen LogP contribution in [0.3, 0.4) is 0 Å². The maximum absolute atomic E-state index is 12.9. The van der Waals surface area contributed by atoms with Gasteiger partial charge in [0.25, 0.3) is 0 Å². The van der Waals surface area contributed by atoms with E-state index in [9.17, 15) is 18.3 Å². The molecule has 4 nitrogen and oxygen atoms in total. The molecule has 1 aromatic rings. The largest absolute Gasteiger partial charge is 0.416 e. The molecule has 0 aliphatic rings. The minimum absolute atomic E-state index is 0.0989. The highest BCUT2D eigenvalue weighted by atomic mass is 19.4. The first-order valence-corrected chi connectivity index (χ1v) is 6.96. The Morgan fingerprint density at radius 3 is 2.29 bits per heavy atom. The van der Waals surface area contributed by atoms with E-state index < -0.39 is 17.3 Å². The van der Waals surface area contributed by atoms with Crippen LogP contribution in [0.2, 0.25) is 0 Å². The van der Waals surface area contributed by atoms with Crippen LogP contribution in [0.5, 0.6) is 0 Å². The van der Waals surface area contributed by atoms with E-state index in [0.717, 1.165) is 18.6 Å². The maximum Gasteiger partial charge on any atom is 0.416 e. The van der Waals surface area contributed by atoms with Gasteiger partial charge in [0, 0.05) is 6.54 Å². The first kappa shape index (κ1) is 17.6. The van der Waals surface area contributed by atoms with Gasteiger partial charge in [-0.25, -0.2) is 4.98 Å². The predicted octanol–water partition coefficient (Wildman–Crippen LogP) is 3.50. The summed E-state index contributed by atoms with van der Waals surface area (Å²) in [5, 5.41) is 15.1. The number of nitrogens with one attached hydrogen (secondary N) is 2. The van der Waals surface area contributed by atoms with Gasteiger partial charge in [0.1, 0.15) is 11.6 Å². The Morgan fingerprint density at radius 1 is 1.19 bits per heavy atom. The van der Waals surface area contributed by atoms with Crippen molar-refractivity contribution < 1.29 is 18.3 Å². The van der Waals surface area contributed by atoms with Gasteiger partial charge in [-0.3, -0.25) is 0 Å². The normalized spacial score (nSPS) is 14.6. The average molecular weight is 305 g/mol. The molecule has 0 fully saturated rings. The number of alkyl halides is 3. The van der Waals surface area contributed by atoms with Crippen LogP contribution in [-0.4, -0.2) is 28.8 Å². The molecular weight excluding hydrogens is 283 g/mol. The van der Waals surface area contributed by atoms with Crippen molar-refractivity contribution in [1.29, 1.82) is 0 Å². The molecule has 0 amide bonds. The third-order valence-electron chi connectivity index (χ3n) is 3.27. The molecule has 0 radical (unpaired) electrons. The van der Waals surface area contributed by atoms with Crippen LogP contribution in [0.25, 0.3) is 0 Å². The Morgan fingerprint density at radius 2 is 1.81 bits per heavy atom.